The van der Waals surface area contributed by atoms with Crippen LogP contribution in [0.1, 0.15) is 22.8 Å². The first-order chi connectivity index (χ1) is 14.3. The van der Waals surface area contributed by atoms with Crippen molar-refractivity contribution < 1.29 is 13.2 Å². The number of hydrogen-bond donors (Lipinski definition) is 2. The predicted octanol–water partition coefficient (Wildman–Crippen LogP) is 5.06. The van der Waals surface area contributed by atoms with E-state index < -0.39 is 15.9 Å². The highest BCUT2D eigenvalue weighted by Gasteiger charge is 2.16. The third kappa shape index (κ3) is 5.47. The molecule has 0 unspecified atom stereocenters. The highest BCUT2D eigenvalue weighted by Crippen LogP contribution is 2.20. The number of nitrogens with one attached hydrogen (secondary N) is 2. The lowest BCUT2D eigenvalue weighted by atomic mass is 10.1. The molecule has 9 heteroatoms. The molecule has 0 spiro atoms. The Morgan fingerprint density at radius 3 is 2.40 bits per heavy atom. The summed E-state index contributed by atoms with van der Waals surface area (Å²) >= 11 is 9.26. The lowest BCUT2D eigenvalue weighted by Gasteiger charge is -2.09. The van der Waals surface area contributed by atoms with E-state index in [1.807, 2.05) is 24.3 Å². The first kappa shape index (κ1) is 22.0. The molecule has 3 rings (SSSR count). The van der Waals surface area contributed by atoms with Gasteiger partial charge in [0.1, 0.15) is 0 Å². The molecule has 0 aliphatic rings. The van der Waals surface area contributed by atoms with Gasteiger partial charge in [-0.05, 0) is 55.5 Å². The Balaban J connectivity index is 1.77. The van der Waals surface area contributed by atoms with Gasteiger partial charge in [-0.1, -0.05) is 51.8 Å². The molecule has 3 aromatic rings. The fourth-order valence-corrected chi connectivity index (χ4v) is 4.35. The molecule has 0 bridgehead atoms. The number of nitrogens with zero attached hydrogens (tertiary/aromatic N) is 1. The average Bonchev–Trinajstić information content (AvgIpc) is 2.73. The van der Waals surface area contributed by atoms with Crippen molar-refractivity contribution in [2.45, 2.75) is 11.8 Å². The molecule has 0 saturated carbocycles. The van der Waals surface area contributed by atoms with E-state index in [1.165, 1.54) is 24.3 Å². The molecule has 154 valence electrons. The molecule has 0 aliphatic heterocycles. The fourth-order valence-electron chi connectivity index (χ4n) is 2.55. The van der Waals surface area contributed by atoms with Gasteiger partial charge in [-0.3, -0.25) is 9.52 Å². The molecule has 3 aromatic carbocycles. The minimum Gasteiger partial charge on any atom is -0.280 e. The van der Waals surface area contributed by atoms with Crippen LogP contribution in [0.15, 0.2) is 87.3 Å². The standard InChI is InChI=1S/C21H17BrClN3O3S/c1-14(19-7-2-3-8-20(19)22)24-25-21(27)15-5-4-6-18(13-15)30(28,29)26-17-11-9-16(23)10-12-17/h2-13,26H,1H3,(H,25,27). The van der Waals surface area contributed by atoms with E-state index in [4.69, 9.17) is 11.6 Å². The van der Waals surface area contributed by atoms with E-state index in [0.29, 0.717) is 16.4 Å². The fraction of sp³-hybridized carbons (Fsp3) is 0.0476. The van der Waals surface area contributed by atoms with Gasteiger partial charge >= 0.3 is 0 Å². The van der Waals surface area contributed by atoms with Crippen LogP contribution >= 0.6 is 27.5 Å². The molecular weight excluding hydrogens is 490 g/mol. The number of rotatable bonds is 6. The van der Waals surface area contributed by atoms with E-state index in [2.05, 4.69) is 31.2 Å². The van der Waals surface area contributed by atoms with Crippen LogP contribution < -0.4 is 10.1 Å². The average molecular weight is 507 g/mol. The summed E-state index contributed by atoms with van der Waals surface area (Å²) < 4.78 is 28.6. The van der Waals surface area contributed by atoms with Crippen molar-refractivity contribution in [3.05, 3.63) is 93.4 Å². The molecule has 0 atom stereocenters. The molecule has 0 aromatic heterocycles. The van der Waals surface area contributed by atoms with Gasteiger partial charge in [0.2, 0.25) is 0 Å². The van der Waals surface area contributed by atoms with Crippen molar-refractivity contribution in [1.82, 2.24) is 5.43 Å². The van der Waals surface area contributed by atoms with E-state index in [-0.39, 0.29) is 10.5 Å². The van der Waals surface area contributed by atoms with Crippen LogP contribution in [0, 0.1) is 0 Å². The van der Waals surface area contributed by atoms with Gasteiger partial charge in [-0.25, -0.2) is 13.8 Å². The molecule has 0 aliphatic carbocycles. The van der Waals surface area contributed by atoms with Gasteiger partial charge in [0.15, 0.2) is 0 Å². The van der Waals surface area contributed by atoms with Crippen molar-refractivity contribution >= 4 is 54.9 Å². The highest BCUT2D eigenvalue weighted by molar-refractivity contribution is 9.10. The second kappa shape index (κ2) is 9.42. The molecular formula is C21H17BrClN3O3S. The van der Waals surface area contributed by atoms with Gasteiger partial charge in [0, 0.05) is 26.3 Å². The Labute approximate surface area is 188 Å². The third-order valence-electron chi connectivity index (χ3n) is 4.09. The number of hydrazone groups is 1. The molecule has 6 nitrogen and oxygen atoms in total. The number of carbonyl (C=O) groups is 1. The molecule has 0 saturated heterocycles. The van der Waals surface area contributed by atoms with Crippen molar-refractivity contribution in [1.29, 1.82) is 0 Å². The number of halogens is 2. The van der Waals surface area contributed by atoms with Gasteiger partial charge in [0.25, 0.3) is 15.9 Å². The second-order valence-corrected chi connectivity index (χ2v) is 9.23. The van der Waals surface area contributed by atoms with E-state index in [9.17, 15) is 13.2 Å². The zero-order chi connectivity index (χ0) is 21.7. The normalized spacial score (nSPS) is 11.8. The van der Waals surface area contributed by atoms with Gasteiger partial charge in [-0.2, -0.15) is 5.10 Å². The maximum atomic E-state index is 12.6. The zero-order valence-electron chi connectivity index (χ0n) is 15.8. The summed E-state index contributed by atoms with van der Waals surface area (Å²) in [5.41, 5.74) is 4.42. The van der Waals surface area contributed by atoms with Crippen LogP contribution in [0.2, 0.25) is 5.02 Å². The minimum absolute atomic E-state index is 0.0448. The van der Waals surface area contributed by atoms with Crippen molar-refractivity contribution in [3.8, 4) is 0 Å². The van der Waals surface area contributed by atoms with Crippen molar-refractivity contribution in [3.63, 3.8) is 0 Å². The first-order valence-corrected chi connectivity index (χ1v) is 11.4. The van der Waals surface area contributed by atoms with Crippen molar-refractivity contribution in [2.24, 2.45) is 5.10 Å². The SMILES string of the molecule is CC(=NNC(=O)c1cccc(S(=O)(=O)Nc2ccc(Cl)cc2)c1)c1ccccc1Br. The number of sulfonamides is 1. The van der Waals surface area contributed by atoms with Crippen LogP contribution in [-0.2, 0) is 10.0 Å². The Morgan fingerprint density at radius 2 is 1.70 bits per heavy atom. The third-order valence-corrected chi connectivity index (χ3v) is 6.41. The van der Waals surface area contributed by atoms with Gasteiger partial charge < -0.3 is 0 Å². The maximum absolute atomic E-state index is 12.6. The Hall–Kier alpha value is -2.68. The number of benzene rings is 3. The van der Waals surface area contributed by atoms with E-state index in [0.717, 1.165) is 10.0 Å². The van der Waals surface area contributed by atoms with Crippen LogP contribution in [0.3, 0.4) is 0 Å². The summed E-state index contributed by atoms with van der Waals surface area (Å²) in [4.78, 5) is 12.4. The highest BCUT2D eigenvalue weighted by atomic mass is 79.9. The van der Waals surface area contributed by atoms with Gasteiger partial charge in [-0.15, -0.1) is 0 Å². The lowest BCUT2D eigenvalue weighted by molar-refractivity contribution is 0.0954. The summed E-state index contributed by atoms with van der Waals surface area (Å²) in [6.45, 7) is 1.76. The van der Waals surface area contributed by atoms with E-state index in [1.54, 1.807) is 31.2 Å². The van der Waals surface area contributed by atoms with Crippen LogP contribution in [0.5, 0.6) is 0 Å². The first-order valence-electron chi connectivity index (χ1n) is 8.74. The Bertz CT molecular complexity index is 1210. The van der Waals surface area contributed by atoms with Crippen LogP contribution in [0.4, 0.5) is 5.69 Å². The number of hydrogen-bond acceptors (Lipinski definition) is 4. The Kier molecular flexibility index (Phi) is 6.91. The summed E-state index contributed by atoms with van der Waals surface area (Å²) in [5, 5.41) is 4.60. The van der Waals surface area contributed by atoms with Crippen LogP contribution in [-0.4, -0.2) is 20.0 Å². The van der Waals surface area contributed by atoms with E-state index >= 15 is 0 Å². The summed E-state index contributed by atoms with van der Waals surface area (Å²) in [6.07, 6.45) is 0. The molecule has 0 radical (unpaired) electrons. The summed E-state index contributed by atoms with van der Waals surface area (Å²) in [5.74, 6) is -0.523. The maximum Gasteiger partial charge on any atom is 0.271 e. The zero-order valence-corrected chi connectivity index (χ0v) is 18.9. The number of anilines is 1. The minimum atomic E-state index is -3.88. The van der Waals surface area contributed by atoms with Crippen molar-refractivity contribution in [2.75, 3.05) is 4.72 Å². The van der Waals surface area contributed by atoms with Crippen LogP contribution in [0.25, 0.3) is 0 Å². The molecule has 1 amide bonds. The number of amides is 1. The Morgan fingerprint density at radius 1 is 1.00 bits per heavy atom. The second-order valence-electron chi connectivity index (χ2n) is 6.26. The number of carbonyl (C=O) groups excluding carboxylic acids is 1. The molecule has 2 N–H and O–H groups in total. The topological polar surface area (TPSA) is 87.6 Å². The van der Waals surface area contributed by atoms with Gasteiger partial charge in [0.05, 0.1) is 10.6 Å². The molecule has 0 heterocycles. The quantitative estimate of drug-likeness (QED) is 0.362. The lowest BCUT2D eigenvalue weighted by Crippen LogP contribution is -2.20. The summed E-state index contributed by atoms with van der Waals surface area (Å²) in [7, 11) is -3.88. The monoisotopic (exact) mass is 505 g/mol. The summed E-state index contributed by atoms with van der Waals surface area (Å²) in [6, 6.07) is 19.4. The molecule has 30 heavy (non-hydrogen) atoms. The smallest absolute Gasteiger partial charge is 0.271 e. The predicted molar refractivity (Wildman–Crippen MR) is 123 cm³/mol. The largest absolute Gasteiger partial charge is 0.280 e. The molecule has 0 fully saturated rings.